The molecule has 70 valence electrons. The lowest BCUT2D eigenvalue weighted by atomic mass is 10.3. The summed E-state index contributed by atoms with van der Waals surface area (Å²) in [5.74, 6) is -0.127. The number of para-hydroxylation sites is 1. The smallest absolute Gasteiger partial charge is 0.308 e. The van der Waals surface area contributed by atoms with Crippen molar-refractivity contribution in [2.75, 3.05) is 7.11 Å². The van der Waals surface area contributed by atoms with E-state index in [1.807, 2.05) is 0 Å². The summed E-state index contributed by atoms with van der Waals surface area (Å²) >= 11 is 0. The molecule has 0 saturated heterocycles. The second-order valence-electron chi connectivity index (χ2n) is 2.40. The normalized spacial score (nSPS) is 9.38. The molecule has 1 aromatic rings. The number of methoxy groups -OCH3 is 1. The molecule has 1 N–H and O–H groups in total. The van der Waals surface area contributed by atoms with E-state index in [-0.39, 0.29) is 17.2 Å². The SMILES string of the molecule is COc1c(O)cccc1OC(C)=O. The van der Waals surface area contributed by atoms with Gasteiger partial charge in [0.05, 0.1) is 7.11 Å². The van der Waals surface area contributed by atoms with Gasteiger partial charge in [-0.25, -0.2) is 0 Å². The number of esters is 1. The van der Waals surface area contributed by atoms with Crippen LogP contribution in [0.2, 0.25) is 0 Å². The van der Waals surface area contributed by atoms with Gasteiger partial charge in [0.15, 0.2) is 11.5 Å². The number of phenols is 1. The Bertz CT molecular complexity index is 319. The third kappa shape index (κ3) is 2.11. The van der Waals surface area contributed by atoms with E-state index in [9.17, 15) is 9.90 Å². The van der Waals surface area contributed by atoms with Crippen molar-refractivity contribution in [3.8, 4) is 17.2 Å². The predicted octanol–water partition coefficient (Wildman–Crippen LogP) is 1.33. The standard InChI is InChI=1S/C9H10O4/c1-6(10)13-8-5-3-4-7(11)9(8)12-2/h3-5,11H,1-2H3. The Kier molecular flexibility index (Phi) is 2.74. The molecule has 0 aliphatic carbocycles. The summed E-state index contributed by atoms with van der Waals surface area (Å²) in [5, 5.41) is 9.29. The molecule has 0 aromatic heterocycles. The van der Waals surface area contributed by atoms with Gasteiger partial charge in [0, 0.05) is 6.92 Å². The number of carbonyl (C=O) groups is 1. The first kappa shape index (κ1) is 9.38. The largest absolute Gasteiger partial charge is 0.504 e. The molecular weight excluding hydrogens is 172 g/mol. The topological polar surface area (TPSA) is 55.8 Å². The summed E-state index contributed by atoms with van der Waals surface area (Å²) in [6, 6.07) is 4.56. The molecular formula is C9H10O4. The predicted molar refractivity (Wildman–Crippen MR) is 46.0 cm³/mol. The van der Waals surface area contributed by atoms with E-state index in [1.165, 1.54) is 20.1 Å². The third-order valence-electron chi connectivity index (χ3n) is 1.42. The van der Waals surface area contributed by atoms with E-state index < -0.39 is 5.97 Å². The Hall–Kier alpha value is -1.71. The highest BCUT2D eigenvalue weighted by Gasteiger charge is 2.10. The van der Waals surface area contributed by atoms with Crippen molar-refractivity contribution < 1.29 is 19.4 Å². The zero-order valence-electron chi connectivity index (χ0n) is 7.40. The zero-order valence-corrected chi connectivity index (χ0v) is 7.40. The first-order chi connectivity index (χ1) is 6.15. The van der Waals surface area contributed by atoms with Crippen LogP contribution in [0.1, 0.15) is 6.92 Å². The number of hydrogen-bond donors (Lipinski definition) is 1. The number of rotatable bonds is 2. The molecule has 4 heteroatoms. The summed E-state index contributed by atoms with van der Waals surface area (Å²) in [4.78, 5) is 10.6. The molecule has 0 radical (unpaired) electrons. The number of hydrogen-bond acceptors (Lipinski definition) is 4. The highest BCUT2D eigenvalue weighted by molar-refractivity contribution is 5.71. The third-order valence-corrected chi connectivity index (χ3v) is 1.42. The molecule has 0 unspecified atom stereocenters. The minimum absolute atomic E-state index is 0.0544. The summed E-state index contributed by atoms with van der Waals surface area (Å²) in [5.41, 5.74) is 0. The Labute approximate surface area is 75.7 Å². The first-order valence-electron chi connectivity index (χ1n) is 3.69. The summed E-state index contributed by atoms with van der Waals surface area (Å²) in [7, 11) is 1.39. The Balaban J connectivity index is 3.05. The lowest BCUT2D eigenvalue weighted by Crippen LogP contribution is -2.02. The fourth-order valence-electron chi connectivity index (χ4n) is 0.945. The highest BCUT2D eigenvalue weighted by atomic mass is 16.6. The molecule has 0 amide bonds. The molecule has 13 heavy (non-hydrogen) atoms. The molecule has 4 nitrogen and oxygen atoms in total. The van der Waals surface area contributed by atoms with Crippen LogP contribution in [0.15, 0.2) is 18.2 Å². The van der Waals surface area contributed by atoms with Crippen LogP contribution in [0.25, 0.3) is 0 Å². The van der Waals surface area contributed by atoms with Gasteiger partial charge < -0.3 is 14.6 Å². The number of phenolic OH excluding ortho intramolecular Hbond substituents is 1. The van der Waals surface area contributed by atoms with E-state index >= 15 is 0 Å². The van der Waals surface area contributed by atoms with E-state index in [0.29, 0.717) is 0 Å². The Morgan fingerprint density at radius 2 is 2.15 bits per heavy atom. The maximum absolute atomic E-state index is 10.6. The van der Waals surface area contributed by atoms with Crippen LogP contribution >= 0.6 is 0 Å². The van der Waals surface area contributed by atoms with E-state index in [4.69, 9.17) is 9.47 Å². The maximum atomic E-state index is 10.6. The molecule has 0 atom stereocenters. The van der Waals surface area contributed by atoms with Crippen molar-refractivity contribution >= 4 is 5.97 Å². The van der Waals surface area contributed by atoms with Crippen molar-refractivity contribution in [3.63, 3.8) is 0 Å². The van der Waals surface area contributed by atoms with Gasteiger partial charge in [-0.15, -0.1) is 0 Å². The van der Waals surface area contributed by atoms with Crippen LogP contribution < -0.4 is 9.47 Å². The van der Waals surface area contributed by atoms with Crippen molar-refractivity contribution in [2.45, 2.75) is 6.92 Å². The van der Waals surface area contributed by atoms with Gasteiger partial charge in [0.2, 0.25) is 5.75 Å². The zero-order chi connectivity index (χ0) is 9.84. The fourth-order valence-corrected chi connectivity index (χ4v) is 0.945. The minimum Gasteiger partial charge on any atom is -0.504 e. The average molecular weight is 182 g/mol. The Morgan fingerprint density at radius 3 is 2.69 bits per heavy atom. The van der Waals surface area contributed by atoms with E-state index in [2.05, 4.69) is 0 Å². The fraction of sp³-hybridized carbons (Fsp3) is 0.222. The maximum Gasteiger partial charge on any atom is 0.308 e. The minimum atomic E-state index is -0.455. The van der Waals surface area contributed by atoms with Crippen molar-refractivity contribution in [1.29, 1.82) is 0 Å². The van der Waals surface area contributed by atoms with Gasteiger partial charge >= 0.3 is 5.97 Å². The molecule has 0 heterocycles. The molecule has 0 fully saturated rings. The van der Waals surface area contributed by atoms with Crippen molar-refractivity contribution in [3.05, 3.63) is 18.2 Å². The van der Waals surface area contributed by atoms with Crippen molar-refractivity contribution in [2.24, 2.45) is 0 Å². The number of benzene rings is 1. The molecule has 1 rings (SSSR count). The molecule has 1 aromatic carbocycles. The number of ether oxygens (including phenoxy) is 2. The monoisotopic (exact) mass is 182 g/mol. The van der Waals surface area contributed by atoms with E-state index in [1.54, 1.807) is 12.1 Å². The highest BCUT2D eigenvalue weighted by Crippen LogP contribution is 2.35. The van der Waals surface area contributed by atoms with Gasteiger partial charge in [-0.1, -0.05) is 6.07 Å². The summed E-state index contributed by atoms with van der Waals surface area (Å²) < 4.78 is 9.64. The molecule has 0 bridgehead atoms. The van der Waals surface area contributed by atoms with Crippen LogP contribution in [0.5, 0.6) is 17.2 Å². The lowest BCUT2D eigenvalue weighted by Gasteiger charge is -2.08. The van der Waals surface area contributed by atoms with Gasteiger partial charge in [-0.2, -0.15) is 0 Å². The van der Waals surface area contributed by atoms with Crippen LogP contribution in [-0.4, -0.2) is 18.2 Å². The van der Waals surface area contributed by atoms with Gasteiger partial charge in [-0.3, -0.25) is 4.79 Å². The summed E-state index contributed by atoms with van der Waals surface area (Å²) in [6.45, 7) is 1.28. The second-order valence-corrected chi connectivity index (χ2v) is 2.40. The van der Waals surface area contributed by atoms with Crippen molar-refractivity contribution in [1.82, 2.24) is 0 Å². The van der Waals surface area contributed by atoms with Gasteiger partial charge in [0.1, 0.15) is 0 Å². The Morgan fingerprint density at radius 1 is 1.46 bits per heavy atom. The average Bonchev–Trinajstić information content (AvgIpc) is 2.03. The molecule has 0 aliphatic rings. The van der Waals surface area contributed by atoms with Gasteiger partial charge in [0.25, 0.3) is 0 Å². The van der Waals surface area contributed by atoms with Crippen LogP contribution in [-0.2, 0) is 4.79 Å². The lowest BCUT2D eigenvalue weighted by molar-refractivity contribution is -0.132. The quantitative estimate of drug-likeness (QED) is 0.553. The van der Waals surface area contributed by atoms with E-state index in [0.717, 1.165) is 0 Å². The first-order valence-corrected chi connectivity index (χ1v) is 3.69. The van der Waals surface area contributed by atoms with Gasteiger partial charge in [-0.05, 0) is 12.1 Å². The summed E-state index contributed by atoms with van der Waals surface area (Å²) in [6.07, 6.45) is 0. The van der Waals surface area contributed by atoms with Crippen LogP contribution in [0.4, 0.5) is 0 Å². The van der Waals surface area contributed by atoms with Crippen LogP contribution in [0, 0.1) is 0 Å². The second kappa shape index (κ2) is 3.80. The van der Waals surface area contributed by atoms with Crippen LogP contribution in [0.3, 0.4) is 0 Å². The number of aromatic hydroxyl groups is 1. The molecule has 0 saturated carbocycles. The molecule has 0 aliphatic heterocycles. The number of carbonyl (C=O) groups excluding carboxylic acids is 1. The molecule has 0 spiro atoms.